The van der Waals surface area contributed by atoms with Crippen molar-refractivity contribution >= 4 is 5.91 Å². The number of amides is 1. The molecule has 0 heterocycles. The molecule has 1 amide bonds. The molecule has 1 aliphatic rings. The van der Waals surface area contributed by atoms with Gasteiger partial charge < -0.3 is 11.1 Å². The molecule has 0 saturated heterocycles. The quantitative estimate of drug-likeness (QED) is 0.718. The van der Waals surface area contributed by atoms with Crippen LogP contribution in [0.1, 0.15) is 59.8 Å². The Bertz CT molecular complexity index is 267. The summed E-state index contributed by atoms with van der Waals surface area (Å²) >= 11 is 0. The molecule has 0 spiro atoms. The van der Waals surface area contributed by atoms with Crippen LogP contribution in [0.2, 0.25) is 0 Å². The summed E-state index contributed by atoms with van der Waals surface area (Å²) in [5.41, 5.74) is 5.84. The highest BCUT2D eigenvalue weighted by Gasteiger charge is 2.48. The van der Waals surface area contributed by atoms with Crippen molar-refractivity contribution in [2.45, 2.75) is 65.8 Å². The normalized spacial score (nSPS) is 22.3. The zero-order valence-electron chi connectivity index (χ0n) is 11.8. The fourth-order valence-corrected chi connectivity index (χ4v) is 2.63. The maximum absolute atomic E-state index is 12.4. The molecule has 0 bridgehead atoms. The summed E-state index contributed by atoms with van der Waals surface area (Å²) in [6, 6.07) is 0.356. The Balaban J connectivity index is 2.65. The van der Waals surface area contributed by atoms with Crippen LogP contribution >= 0.6 is 0 Å². The molecule has 3 N–H and O–H groups in total. The zero-order chi connectivity index (χ0) is 13.1. The van der Waals surface area contributed by atoms with Gasteiger partial charge in [-0.2, -0.15) is 0 Å². The number of hydrogen-bond acceptors (Lipinski definition) is 2. The van der Waals surface area contributed by atoms with Gasteiger partial charge in [0, 0.05) is 12.6 Å². The van der Waals surface area contributed by atoms with E-state index in [0.717, 1.165) is 32.1 Å². The molecular weight excluding hydrogens is 212 g/mol. The van der Waals surface area contributed by atoms with Gasteiger partial charge in [-0.15, -0.1) is 0 Å². The standard InChI is InChI=1S/C14H28N2O/c1-5-7-14(10-15,8-6-2)12(17)16-11-9-13(11,3)4/h11H,5-10,15H2,1-4H3,(H,16,17). The second-order valence-electron chi connectivity index (χ2n) is 6.20. The van der Waals surface area contributed by atoms with Crippen LogP contribution in [0, 0.1) is 10.8 Å². The summed E-state index contributed by atoms with van der Waals surface area (Å²) in [4.78, 5) is 12.4. The molecule has 1 fully saturated rings. The number of nitrogens with one attached hydrogen (secondary N) is 1. The summed E-state index contributed by atoms with van der Waals surface area (Å²) in [6.07, 6.45) is 4.92. The van der Waals surface area contributed by atoms with Crippen LogP contribution in [0.3, 0.4) is 0 Å². The first-order valence-corrected chi connectivity index (χ1v) is 6.93. The second kappa shape index (κ2) is 5.38. The maximum Gasteiger partial charge on any atom is 0.227 e. The molecule has 1 saturated carbocycles. The van der Waals surface area contributed by atoms with Crippen molar-refractivity contribution in [1.82, 2.24) is 5.32 Å². The minimum Gasteiger partial charge on any atom is -0.352 e. The lowest BCUT2D eigenvalue weighted by Gasteiger charge is -2.31. The van der Waals surface area contributed by atoms with E-state index in [1.165, 1.54) is 0 Å². The third-order valence-corrected chi connectivity index (χ3v) is 4.15. The van der Waals surface area contributed by atoms with Gasteiger partial charge in [-0.05, 0) is 24.7 Å². The first kappa shape index (κ1) is 14.5. The van der Waals surface area contributed by atoms with Crippen molar-refractivity contribution in [1.29, 1.82) is 0 Å². The van der Waals surface area contributed by atoms with Crippen molar-refractivity contribution in [3.8, 4) is 0 Å². The van der Waals surface area contributed by atoms with Crippen LogP contribution in [0.5, 0.6) is 0 Å². The summed E-state index contributed by atoms with van der Waals surface area (Å²) in [6.45, 7) is 9.10. The van der Waals surface area contributed by atoms with Crippen LogP contribution in [-0.2, 0) is 4.79 Å². The molecule has 1 rings (SSSR count). The summed E-state index contributed by atoms with van der Waals surface area (Å²) in [5, 5.41) is 3.19. The Hall–Kier alpha value is -0.570. The van der Waals surface area contributed by atoms with Crippen molar-refractivity contribution < 1.29 is 4.79 Å². The Kier molecular flexibility index (Phi) is 4.59. The van der Waals surface area contributed by atoms with Crippen LogP contribution in [0.15, 0.2) is 0 Å². The molecule has 1 unspecified atom stereocenters. The van der Waals surface area contributed by atoms with Gasteiger partial charge in [0.15, 0.2) is 0 Å². The van der Waals surface area contributed by atoms with E-state index in [2.05, 4.69) is 33.0 Å². The van der Waals surface area contributed by atoms with Crippen molar-refractivity contribution in [2.75, 3.05) is 6.54 Å². The predicted molar refractivity (Wildman–Crippen MR) is 71.6 cm³/mol. The van der Waals surface area contributed by atoms with Gasteiger partial charge in [0.1, 0.15) is 0 Å². The van der Waals surface area contributed by atoms with E-state index < -0.39 is 0 Å². The van der Waals surface area contributed by atoms with E-state index in [4.69, 9.17) is 5.73 Å². The average molecular weight is 240 g/mol. The van der Waals surface area contributed by atoms with Gasteiger partial charge in [-0.1, -0.05) is 40.5 Å². The molecule has 3 heteroatoms. The molecule has 17 heavy (non-hydrogen) atoms. The van der Waals surface area contributed by atoms with E-state index in [-0.39, 0.29) is 16.7 Å². The summed E-state index contributed by atoms with van der Waals surface area (Å²) in [7, 11) is 0. The fraction of sp³-hybridized carbons (Fsp3) is 0.929. The Morgan fingerprint density at radius 3 is 2.12 bits per heavy atom. The van der Waals surface area contributed by atoms with Crippen LogP contribution < -0.4 is 11.1 Å². The zero-order valence-corrected chi connectivity index (χ0v) is 11.8. The van der Waals surface area contributed by atoms with E-state index in [1.807, 2.05) is 0 Å². The average Bonchev–Trinajstić information content (AvgIpc) is 2.85. The van der Waals surface area contributed by atoms with Crippen LogP contribution in [-0.4, -0.2) is 18.5 Å². The van der Waals surface area contributed by atoms with Crippen molar-refractivity contribution in [3.63, 3.8) is 0 Å². The molecule has 1 atom stereocenters. The highest BCUT2D eigenvalue weighted by molar-refractivity contribution is 5.83. The summed E-state index contributed by atoms with van der Waals surface area (Å²) < 4.78 is 0. The van der Waals surface area contributed by atoms with E-state index >= 15 is 0 Å². The highest BCUT2D eigenvalue weighted by Crippen LogP contribution is 2.45. The first-order valence-electron chi connectivity index (χ1n) is 6.93. The number of carbonyl (C=O) groups is 1. The molecule has 0 aliphatic heterocycles. The van der Waals surface area contributed by atoms with Crippen molar-refractivity contribution in [2.24, 2.45) is 16.6 Å². The van der Waals surface area contributed by atoms with E-state index in [0.29, 0.717) is 12.6 Å². The van der Waals surface area contributed by atoms with Gasteiger partial charge >= 0.3 is 0 Å². The second-order valence-corrected chi connectivity index (χ2v) is 6.20. The molecule has 3 nitrogen and oxygen atoms in total. The monoisotopic (exact) mass is 240 g/mol. The minimum absolute atomic E-state index is 0.180. The van der Waals surface area contributed by atoms with Gasteiger partial charge in [0.2, 0.25) is 5.91 Å². The van der Waals surface area contributed by atoms with Crippen LogP contribution in [0.25, 0.3) is 0 Å². The number of carbonyl (C=O) groups excluding carboxylic acids is 1. The Morgan fingerprint density at radius 1 is 1.35 bits per heavy atom. The number of hydrogen-bond donors (Lipinski definition) is 2. The number of nitrogens with two attached hydrogens (primary N) is 1. The third-order valence-electron chi connectivity index (χ3n) is 4.15. The van der Waals surface area contributed by atoms with Gasteiger partial charge in [0.25, 0.3) is 0 Å². The molecule has 0 aromatic heterocycles. The third kappa shape index (κ3) is 3.21. The maximum atomic E-state index is 12.4. The lowest BCUT2D eigenvalue weighted by Crippen LogP contribution is -2.47. The van der Waals surface area contributed by atoms with Gasteiger partial charge in [-0.3, -0.25) is 4.79 Å². The first-order chi connectivity index (χ1) is 7.91. The van der Waals surface area contributed by atoms with E-state index in [1.54, 1.807) is 0 Å². The largest absolute Gasteiger partial charge is 0.352 e. The SMILES string of the molecule is CCCC(CN)(CCC)C(=O)NC1CC1(C)C. The highest BCUT2D eigenvalue weighted by atomic mass is 16.2. The lowest BCUT2D eigenvalue weighted by atomic mass is 9.78. The lowest BCUT2D eigenvalue weighted by molar-refractivity contribution is -0.131. The topological polar surface area (TPSA) is 55.1 Å². The molecule has 1 aliphatic carbocycles. The smallest absolute Gasteiger partial charge is 0.227 e. The van der Waals surface area contributed by atoms with Gasteiger partial charge in [-0.25, -0.2) is 0 Å². The molecule has 0 radical (unpaired) electrons. The summed E-state index contributed by atoms with van der Waals surface area (Å²) in [5.74, 6) is 0.180. The van der Waals surface area contributed by atoms with E-state index in [9.17, 15) is 4.79 Å². The Labute approximate surface area is 106 Å². The van der Waals surface area contributed by atoms with Crippen molar-refractivity contribution in [3.05, 3.63) is 0 Å². The molecular formula is C14H28N2O. The molecule has 0 aromatic rings. The Morgan fingerprint density at radius 2 is 1.82 bits per heavy atom. The predicted octanol–water partition coefficient (Wildman–Crippen LogP) is 2.45. The molecule has 100 valence electrons. The fourth-order valence-electron chi connectivity index (χ4n) is 2.63. The molecule has 0 aromatic carbocycles. The van der Waals surface area contributed by atoms with Gasteiger partial charge in [0.05, 0.1) is 5.41 Å². The minimum atomic E-state index is -0.331. The van der Waals surface area contributed by atoms with Crippen LogP contribution in [0.4, 0.5) is 0 Å². The number of rotatable bonds is 7.